The first-order valence-electron chi connectivity index (χ1n) is 10.6. The molecule has 0 atom stereocenters. The number of anilines is 1. The zero-order chi connectivity index (χ0) is 23.2. The van der Waals surface area contributed by atoms with E-state index in [1.54, 1.807) is 36.4 Å². The van der Waals surface area contributed by atoms with Crippen LogP contribution in [0.4, 0.5) is 5.69 Å². The molecule has 0 heterocycles. The van der Waals surface area contributed by atoms with Crippen molar-refractivity contribution < 1.29 is 9.59 Å². The minimum Gasteiger partial charge on any atom is -0.348 e. The smallest absolute Gasteiger partial charge is 0.255 e. The van der Waals surface area contributed by atoms with E-state index in [1.807, 2.05) is 67.6 Å². The van der Waals surface area contributed by atoms with Gasteiger partial charge in [0.1, 0.15) is 0 Å². The number of hydrogen-bond donors (Lipinski definition) is 2. The van der Waals surface area contributed by atoms with Crippen LogP contribution in [0.25, 0.3) is 11.1 Å². The number of hydrogen-bond acceptors (Lipinski definition) is 2. The Morgan fingerprint density at radius 3 is 2.12 bits per heavy atom. The number of carbonyl (C=O) groups is 2. The molecule has 0 saturated heterocycles. The lowest BCUT2D eigenvalue weighted by Gasteiger charge is -2.11. The summed E-state index contributed by atoms with van der Waals surface area (Å²) in [7, 11) is 0. The third kappa shape index (κ3) is 5.68. The molecule has 2 amide bonds. The van der Waals surface area contributed by atoms with E-state index >= 15 is 0 Å². The van der Waals surface area contributed by atoms with Gasteiger partial charge in [-0.3, -0.25) is 9.59 Å². The van der Waals surface area contributed by atoms with Crippen molar-refractivity contribution in [2.75, 3.05) is 5.32 Å². The summed E-state index contributed by atoms with van der Waals surface area (Å²) in [5.74, 6) is -0.351. The van der Waals surface area contributed by atoms with E-state index in [9.17, 15) is 9.59 Å². The Labute approximate surface area is 198 Å². The summed E-state index contributed by atoms with van der Waals surface area (Å²) in [6, 6.07) is 29.8. The van der Waals surface area contributed by atoms with Gasteiger partial charge in [0.2, 0.25) is 0 Å². The second-order valence-electron chi connectivity index (χ2n) is 7.75. The van der Waals surface area contributed by atoms with Crippen LogP contribution >= 0.6 is 11.6 Å². The van der Waals surface area contributed by atoms with Crippen molar-refractivity contribution >= 4 is 29.1 Å². The van der Waals surface area contributed by atoms with Crippen LogP contribution in [0, 0.1) is 6.92 Å². The molecule has 0 aliphatic carbocycles. The van der Waals surface area contributed by atoms with Gasteiger partial charge in [0, 0.05) is 28.4 Å². The van der Waals surface area contributed by atoms with Gasteiger partial charge >= 0.3 is 0 Å². The van der Waals surface area contributed by atoms with Gasteiger partial charge in [0.05, 0.1) is 0 Å². The molecule has 0 bridgehead atoms. The first-order chi connectivity index (χ1) is 16.0. The highest BCUT2D eigenvalue weighted by Crippen LogP contribution is 2.24. The Bertz CT molecular complexity index is 1260. The monoisotopic (exact) mass is 454 g/mol. The molecule has 4 rings (SSSR count). The molecular weight excluding hydrogens is 432 g/mol. The number of halogens is 1. The van der Waals surface area contributed by atoms with Crippen LogP contribution in [0.2, 0.25) is 5.02 Å². The maximum Gasteiger partial charge on any atom is 0.255 e. The molecule has 4 aromatic rings. The number of aryl methyl sites for hydroxylation is 1. The molecule has 2 N–H and O–H groups in total. The summed E-state index contributed by atoms with van der Waals surface area (Å²) < 4.78 is 0. The maximum atomic E-state index is 12.9. The Hall–Kier alpha value is -3.89. The fourth-order valence-corrected chi connectivity index (χ4v) is 3.58. The van der Waals surface area contributed by atoms with Crippen LogP contribution in [-0.2, 0) is 6.54 Å². The minimum absolute atomic E-state index is 0.143. The molecule has 4 aromatic carbocycles. The summed E-state index contributed by atoms with van der Waals surface area (Å²) in [5.41, 5.74) is 5.80. The summed E-state index contributed by atoms with van der Waals surface area (Å²) >= 11 is 5.88. The fourth-order valence-electron chi connectivity index (χ4n) is 3.45. The molecule has 0 aromatic heterocycles. The second kappa shape index (κ2) is 10.2. The summed E-state index contributed by atoms with van der Waals surface area (Å²) in [6.07, 6.45) is 0. The van der Waals surface area contributed by atoms with Crippen LogP contribution in [0.5, 0.6) is 0 Å². The van der Waals surface area contributed by atoms with Crippen LogP contribution in [0.15, 0.2) is 97.1 Å². The van der Waals surface area contributed by atoms with E-state index < -0.39 is 0 Å². The van der Waals surface area contributed by atoms with E-state index in [0.717, 1.165) is 16.7 Å². The minimum atomic E-state index is -0.208. The zero-order valence-electron chi connectivity index (χ0n) is 18.1. The number of nitrogens with one attached hydrogen (secondary N) is 2. The standard InChI is InChI=1S/C28H23ClN2O2/c1-19-6-10-21(11-7-19)25-4-2-3-5-26(25)28(33)30-18-20-8-12-22(13-9-20)27(32)31-24-16-14-23(29)15-17-24/h2-17H,18H2,1H3,(H,30,33)(H,31,32). The van der Waals surface area contributed by atoms with Gasteiger partial charge in [0.25, 0.3) is 11.8 Å². The highest BCUT2D eigenvalue weighted by Gasteiger charge is 2.12. The molecular formula is C28H23ClN2O2. The molecule has 0 unspecified atom stereocenters. The van der Waals surface area contributed by atoms with Gasteiger partial charge in [-0.15, -0.1) is 0 Å². The van der Waals surface area contributed by atoms with E-state index in [-0.39, 0.29) is 11.8 Å². The molecule has 0 radical (unpaired) electrons. The van der Waals surface area contributed by atoms with Crippen molar-refractivity contribution in [1.82, 2.24) is 5.32 Å². The van der Waals surface area contributed by atoms with Gasteiger partial charge in [-0.25, -0.2) is 0 Å². The van der Waals surface area contributed by atoms with Gasteiger partial charge in [0.15, 0.2) is 0 Å². The van der Waals surface area contributed by atoms with E-state index in [0.29, 0.717) is 28.4 Å². The maximum absolute atomic E-state index is 12.9. The summed E-state index contributed by atoms with van der Waals surface area (Å²) in [4.78, 5) is 25.3. The topological polar surface area (TPSA) is 58.2 Å². The molecule has 5 heteroatoms. The van der Waals surface area contributed by atoms with Gasteiger partial charge in [-0.05, 0) is 66.1 Å². The van der Waals surface area contributed by atoms with Crippen molar-refractivity contribution in [2.45, 2.75) is 13.5 Å². The highest BCUT2D eigenvalue weighted by molar-refractivity contribution is 6.30. The number of benzene rings is 4. The molecule has 0 spiro atoms. The lowest BCUT2D eigenvalue weighted by atomic mass is 9.98. The summed E-state index contributed by atoms with van der Waals surface area (Å²) in [5, 5.41) is 6.43. The van der Waals surface area contributed by atoms with E-state index in [1.165, 1.54) is 5.56 Å². The fraction of sp³-hybridized carbons (Fsp3) is 0.0714. The second-order valence-corrected chi connectivity index (χ2v) is 8.19. The van der Waals surface area contributed by atoms with Crippen molar-refractivity contribution in [3.63, 3.8) is 0 Å². The van der Waals surface area contributed by atoms with E-state index in [4.69, 9.17) is 11.6 Å². The molecule has 0 aliphatic heterocycles. The van der Waals surface area contributed by atoms with Gasteiger partial charge < -0.3 is 10.6 Å². The SMILES string of the molecule is Cc1ccc(-c2ccccc2C(=O)NCc2ccc(C(=O)Nc3ccc(Cl)cc3)cc2)cc1. The van der Waals surface area contributed by atoms with Crippen molar-refractivity contribution in [2.24, 2.45) is 0 Å². The normalized spacial score (nSPS) is 10.5. The molecule has 0 saturated carbocycles. The first kappa shape index (κ1) is 22.3. The average Bonchev–Trinajstić information content (AvgIpc) is 2.85. The predicted molar refractivity (Wildman–Crippen MR) is 134 cm³/mol. The van der Waals surface area contributed by atoms with E-state index in [2.05, 4.69) is 10.6 Å². The largest absolute Gasteiger partial charge is 0.348 e. The van der Waals surface area contributed by atoms with Crippen molar-refractivity contribution in [3.8, 4) is 11.1 Å². The average molecular weight is 455 g/mol. The highest BCUT2D eigenvalue weighted by atomic mass is 35.5. The van der Waals surface area contributed by atoms with Crippen LogP contribution in [-0.4, -0.2) is 11.8 Å². The van der Waals surface area contributed by atoms with Gasteiger partial charge in [-0.1, -0.05) is 71.8 Å². The third-order valence-electron chi connectivity index (χ3n) is 5.31. The Morgan fingerprint density at radius 2 is 1.42 bits per heavy atom. The number of rotatable bonds is 6. The number of amides is 2. The van der Waals surface area contributed by atoms with Gasteiger partial charge in [-0.2, -0.15) is 0 Å². The first-order valence-corrected chi connectivity index (χ1v) is 11.0. The van der Waals surface area contributed by atoms with Crippen LogP contribution in [0.1, 0.15) is 31.8 Å². The third-order valence-corrected chi connectivity index (χ3v) is 5.56. The Balaban J connectivity index is 1.40. The van der Waals surface area contributed by atoms with Crippen LogP contribution < -0.4 is 10.6 Å². The van der Waals surface area contributed by atoms with Crippen LogP contribution in [0.3, 0.4) is 0 Å². The lowest BCUT2D eigenvalue weighted by Crippen LogP contribution is -2.23. The summed E-state index contributed by atoms with van der Waals surface area (Å²) in [6.45, 7) is 2.40. The predicted octanol–water partition coefficient (Wildman–Crippen LogP) is 6.50. The zero-order valence-corrected chi connectivity index (χ0v) is 18.9. The molecule has 0 aliphatic rings. The molecule has 0 fully saturated rings. The quantitative estimate of drug-likeness (QED) is 0.349. The molecule has 4 nitrogen and oxygen atoms in total. The van der Waals surface area contributed by atoms with Crippen molar-refractivity contribution in [1.29, 1.82) is 0 Å². The molecule has 164 valence electrons. The Kier molecular flexibility index (Phi) is 6.86. The lowest BCUT2D eigenvalue weighted by molar-refractivity contribution is 0.0950. The molecule has 33 heavy (non-hydrogen) atoms. The Morgan fingerprint density at radius 1 is 0.758 bits per heavy atom. The van der Waals surface area contributed by atoms with Crippen molar-refractivity contribution in [3.05, 3.63) is 124 Å². The number of carbonyl (C=O) groups excluding carboxylic acids is 2.